The second kappa shape index (κ2) is 9.62. The number of anilines is 2. The Morgan fingerprint density at radius 2 is 0.842 bits per heavy atom. The van der Waals surface area contributed by atoms with Crippen LogP contribution < -0.4 is 29.6 Å². The fourth-order valence-corrected chi connectivity index (χ4v) is 4.06. The minimum absolute atomic E-state index is 0.133. The first kappa shape index (κ1) is 23.1. The van der Waals surface area contributed by atoms with Crippen LogP contribution in [0.5, 0.6) is 23.0 Å². The van der Waals surface area contributed by atoms with E-state index in [-0.39, 0.29) is 31.2 Å². The molecule has 9 nitrogen and oxygen atoms in total. The van der Waals surface area contributed by atoms with E-state index in [9.17, 15) is 14.4 Å². The molecule has 38 heavy (non-hydrogen) atoms. The molecule has 2 amide bonds. The summed E-state index contributed by atoms with van der Waals surface area (Å²) in [6.45, 7) is 0.267. The molecule has 2 aliphatic heterocycles. The number of hydrogen-bond donors (Lipinski definition) is 2. The molecule has 4 aromatic rings. The molecule has 0 bridgehead atoms. The Bertz CT molecular complexity index is 1450. The van der Waals surface area contributed by atoms with Gasteiger partial charge in [-0.05, 0) is 84.9 Å². The quantitative estimate of drug-likeness (QED) is 0.357. The van der Waals surface area contributed by atoms with E-state index in [1.165, 1.54) is 0 Å². The first-order chi connectivity index (χ1) is 18.5. The lowest BCUT2D eigenvalue weighted by atomic mass is 10.0. The van der Waals surface area contributed by atoms with Gasteiger partial charge in [0.05, 0.1) is 0 Å². The lowest BCUT2D eigenvalue weighted by molar-refractivity contribution is 0.101. The molecule has 0 unspecified atom stereocenters. The maximum absolute atomic E-state index is 12.9. The van der Waals surface area contributed by atoms with Gasteiger partial charge in [0.2, 0.25) is 13.6 Å². The molecule has 2 heterocycles. The zero-order valence-electron chi connectivity index (χ0n) is 19.9. The molecule has 0 aliphatic carbocycles. The highest BCUT2D eigenvalue weighted by Crippen LogP contribution is 2.33. The summed E-state index contributed by atoms with van der Waals surface area (Å²) < 4.78 is 21.2. The number of fused-ring (bicyclic) bond motifs is 2. The van der Waals surface area contributed by atoms with Gasteiger partial charge >= 0.3 is 0 Å². The maximum Gasteiger partial charge on any atom is 0.255 e. The van der Waals surface area contributed by atoms with Gasteiger partial charge in [-0.2, -0.15) is 0 Å². The van der Waals surface area contributed by atoms with Crippen LogP contribution >= 0.6 is 0 Å². The lowest BCUT2D eigenvalue weighted by Gasteiger charge is -2.08. The average Bonchev–Trinajstić information content (AvgIpc) is 3.62. The topological polar surface area (TPSA) is 112 Å². The molecule has 6 rings (SSSR count). The summed E-state index contributed by atoms with van der Waals surface area (Å²) in [5.74, 6) is 1.46. The molecule has 0 saturated heterocycles. The van der Waals surface area contributed by atoms with Gasteiger partial charge in [-0.25, -0.2) is 0 Å². The third kappa shape index (κ3) is 4.60. The van der Waals surface area contributed by atoms with Gasteiger partial charge in [-0.3, -0.25) is 14.4 Å². The highest BCUT2D eigenvalue weighted by Gasteiger charge is 2.18. The predicted molar refractivity (Wildman–Crippen MR) is 137 cm³/mol. The summed E-state index contributed by atoms with van der Waals surface area (Å²) >= 11 is 0. The second-order valence-corrected chi connectivity index (χ2v) is 8.53. The van der Waals surface area contributed by atoms with Crippen molar-refractivity contribution in [1.82, 2.24) is 0 Å². The van der Waals surface area contributed by atoms with Crippen molar-refractivity contribution in [3.05, 3.63) is 107 Å². The second-order valence-electron chi connectivity index (χ2n) is 8.53. The van der Waals surface area contributed by atoms with Gasteiger partial charge in [0.15, 0.2) is 28.8 Å². The van der Waals surface area contributed by atoms with Gasteiger partial charge in [-0.1, -0.05) is 0 Å². The summed E-state index contributed by atoms with van der Waals surface area (Å²) in [5, 5.41) is 5.61. The van der Waals surface area contributed by atoms with Crippen molar-refractivity contribution in [3.8, 4) is 23.0 Å². The normalized spacial score (nSPS) is 12.6. The summed E-state index contributed by atoms with van der Waals surface area (Å²) in [4.78, 5) is 38.1. The number of ether oxygens (including phenoxy) is 4. The van der Waals surface area contributed by atoms with Crippen molar-refractivity contribution in [1.29, 1.82) is 0 Å². The van der Waals surface area contributed by atoms with E-state index < -0.39 is 0 Å². The number of benzene rings is 4. The molecule has 2 aliphatic rings. The Hall–Kier alpha value is -5.31. The Labute approximate surface area is 216 Å². The molecule has 0 spiro atoms. The van der Waals surface area contributed by atoms with Crippen LogP contribution in [0.15, 0.2) is 84.9 Å². The van der Waals surface area contributed by atoms with Crippen LogP contribution in [0.2, 0.25) is 0 Å². The summed E-state index contributed by atoms with van der Waals surface area (Å²) in [6, 6.07) is 23.2. The predicted octanol–water partition coefficient (Wildman–Crippen LogP) is 4.88. The van der Waals surface area contributed by atoms with Crippen LogP contribution in [0, 0.1) is 0 Å². The van der Waals surface area contributed by atoms with E-state index in [0.717, 1.165) is 0 Å². The largest absolute Gasteiger partial charge is 0.454 e. The summed E-state index contributed by atoms with van der Waals surface area (Å²) in [5.41, 5.74) is 2.88. The molecule has 0 radical (unpaired) electrons. The number of carbonyl (C=O) groups excluding carboxylic acids is 3. The molecule has 2 N–H and O–H groups in total. The Morgan fingerprint density at radius 1 is 0.474 bits per heavy atom. The van der Waals surface area contributed by atoms with Crippen molar-refractivity contribution in [2.45, 2.75) is 0 Å². The molecule has 0 fully saturated rings. The van der Waals surface area contributed by atoms with Gasteiger partial charge in [0.25, 0.3) is 11.8 Å². The molecule has 4 aromatic carbocycles. The summed E-state index contributed by atoms with van der Waals surface area (Å²) in [6.07, 6.45) is 0. The third-order valence-electron chi connectivity index (χ3n) is 6.08. The van der Waals surface area contributed by atoms with Crippen LogP contribution in [0.4, 0.5) is 11.4 Å². The van der Waals surface area contributed by atoms with Crippen LogP contribution in [0.25, 0.3) is 0 Å². The van der Waals surface area contributed by atoms with E-state index >= 15 is 0 Å². The van der Waals surface area contributed by atoms with Crippen molar-refractivity contribution in [2.75, 3.05) is 24.2 Å². The highest BCUT2D eigenvalue weighted by atomic mass is 16.7. The Morgan fingerprint density at radius 3 is 1.26 bits per heavy atom. The number of rotatable bonds is 6. The van der Waals surface area contributed by atoms with Crippen LogP contribution in [0.3, 0.4) is 0 Å². The standard InChI is InChI=1S/C29H20N2O7/c32-27(17-1-7-21(8-2-17)30-28(33)19-5-11-23-25(13-19)37-15-35-23)18-3-9-22(10-4-18)31-29(34)20-6-12-24-26(14-20)38-16-36-24/h1-14H,15-16H2,(H,30,33)(H,31,34). The fourth-order valence-electron chi connectivity index (χ4n) is 4.06. The van der Waals surface area contributed by atoms with E-state index in [1.54, 1.807) is 84.9 Å². The Kier molecular flexibility index (Phi) is 5.85. The first-order valence-corrected chi connectivity index (χ1v) is 11.7. The number of amides is 2. The number of hydrogen-bond acceptors (Lipinski definition) is 7. The first-order valence-electron chi connectivity index (χ1n) is 11.7. The Balaban J connectivity index is 1.08. The van der Waals surface area contributed by atoms with Crippen molar-refractivity contribution < 1.29 is 33.3 Å². The smallest absolute Gasteiger partial charge is 0.255 e. The van der Waals surface area contributed by atoms with Gasteiger partial charge < -0.3 is 29.6 Å². The molecule has 9 heteroatoms. The molecule has 0 aromatic heterocycles. The maximum atomic E-state index is 12.9. The zero-order chi connectivity index (χ0) is 26.1. The van der Waals surface area contributed by atoms with E-state index in [2.05, 4.69) is 10.6 Å². The SMILES string of the molecule is O=C(Nc1ccc(C(=O)c2ccc(NC(=O)c3ccc4c(c3)OCO4)cc2)cc1)c1ccc2c(c1)OCO2. The van der Waals surface area contributed by atoms with E-state index in [4.69, 9.17) is 18.9 Å². The molecular formula is C29H20N2O7. The monoisotopic (exact) mass is 508 g/mol. The summed E-state index contributed by atoms with van der Waals surface area (Å²) in [7, 11) is 0. The van der Waals surface area contributed by atoms with E-state index in [1.807, 2.05) is 0 Å². The van der Waals surface area contributed by atoms with Crippen molar-refractivity contribution in [3.63, 3.8) is 0 Å². The number of ketones is 1. The number of nitrogens with one attached hydrogen (secondary N) is 2. The minimum Gasteiger partial charge on any atom is -0.454 e. The molecule has 0 saturated carbocycles. The average molecular weight is 508 g/mol. The van der Waals surface area contributed by atoms with E-state index in [0.29, 0.717) is 56.6 Å². The molecule has 0 atom stereocenters. The van der Waals surface area contributed by atoms with Gasteiger partial charge in [0.1, 0.15) is 0 Å². The molecule has 188 valence electrons. The van der Waals surface area contributed by atoms with Crippen molar-refractivity contribution in [2.24, 2.45) is 0 Å². The molecular weight excluding hydrogens is 488 g/mol. The third-order valence-corrected chi connectivity index (χ3v) is 6.08. The number of carbonyl (C=O) groups is 3. The minimum atomic E-state index is -0.305. The van der Waals surface area contributed by atoms with Crippen molar-refractivity contribution >= 4 is 29.0 Å². The van der Waals surface area contributed by atoms with Crippen LogP contribution in [-0.2, 0) is 0 Å². The van der Waals surface area contributed by atoms with Crippen LogP contribution in [0.1, 0.15) is 36.6 Å². The lowest BCUT2D eigenvalue weighted by Crippen LogP contribution is -2.12. The zero-order valence-corrected chi connectivity index (χ0v) is 19.9. The fraction of sp³-hybridized carbons (Fsp3) is 0.0690. The van der Waals surface area contributed by atoms with Crippen LogP contribution in [-0.4, -0.2) is 31.2 Å². The highest BCUT2D eigenvalue weighted by molar-refractivity contribution is 6.10. The van der Waals surface area contributed by atoms with Gasteiger partial charge in [-0.15, -0.1) is 0 Å². The van der Waals surface area contributed by atoms with Gasteiger partial charge in [0, 0.05) is 33.6 Å².